The summed E-state index contributed by atoms with van der Waals surface area (Å²) in [4.78, 5) is 16.1. The molecule has 0 bridgehead atoms. The van der Waals surface area contributed by atoms with E-state index in [1.807, 2.05) is 29.3 Å². The third kappa shape index (κ3) is 3.26. The molecular formula is C18H24N2O3S. The standard InChI is InChI=1S/C18H24N2O3S/c1-3-20(13-8-5-4-6-9-13)18(22)15-16(14-10-7-11-24-14)19-23-17(15)12(2)21/h7,10-13,21H,3-6,8-9H2,1-2H3. The van der Waals surface area contributed by atoms with Crippen LogP contribution in [0, 0.1) is 0 Å². The van der Waals surface area contributed by atoms with Gasteiger partial charge in [0, 0.05) is 12.6 Å². The van der Waals surface area contributed by atoms with Gasteiger partial charge in [-0.2, -0.15) is 0 Å². The van der Waals surface area contributed by atoms with E-state index in [1.165, 1.54) is 30.6 Å². The first-order valence-electron chi connectivity index (χ1n) is 8.66. The number of hydrogen-bond donors (Lipinski definition) is 1. The van der Waals surface area contributed by atoms with E-state index in [1.54, 1.807) is 6.92 Å². The van der Waals surface area contributed by atoms with Crippen LogP contribution in [0.4, 0.5) is 0 Å². The van der Waals surface area contributed by atoms with Crippen molar-refractivity contribution in [3.63, 3.8) is 0 Å². The van der Waals surface area contributed by atoms with Crippen molar-refractivity contribution in [3.8, 4) is 10.6 Å². The molecule has 5 nitrogen and oxygen atoms in total. The molecule has 2 heterocycles. The number of aliphatic hydroxyl groups excluding tert-OH is 1. The molecule has 1 fully saturated rings. The molecule has 1 atom stereocenters. The van der Waals surface area contributed by atoms with Crippen molar-refractivity contribution in [1.29, 1.82) is 0 Å². The number of hydrogen-bond acceptors (Lipinski definition) is 5. The molecule has 0 aliphatic heterocycles. The molecule has 3 rings (SSSR count). The van der Waals surface area contributed by atoms with Crippen molar-refractivity contribution in [3.05, 3.63) is 28.8 Å². The summed E-state index contributed by atoms with van der Waals surface area (Å²) in [5, 5.41) is 16.1. The fraction of sp³-hybridized carbons (Fsp3) is 0.556. The van der Waals surface area contributed by atoms with Gasteiger partial charge in [0.05, 0.1) is 4.88 Å². The number of carbonyl (C=O) groups is 1. The first-order valence-corrected chi connectivity index (χ1v) is 9.54. The molecule has 1 unspecified atom stereocenters. The van der Waals surface area contributed by atoms with Crippen LogP contribution >= 0.6 is 11.3 Å². The van der Waals surface area contributed by atoms with Gasteiger partial charge in [-0.15, -0.1) is 11.3 Å². The largest absolute Gasteiger partial charge is 0.385 e. The van der Waals surface area contributed by atoms with Crippen LogP contribution < -0.4 is 0 Å². The van der Waals surface area contributed by atoms with Gasteiger partial charge in [-0.3, -0.25) is 4.79 Å². The Kier molecular flexibility index (Phi) is 5.36. The van der Waals surface area contributed by atoms with Gasteiger partial charge >= 0.3 is 0 Å². The van der Waals surface area contributed by atoms with E-state index in [4.69, 9.17) is 4.52 Å². The van der Waals surface area contributed by atoms with E-state index in [9.17, 15) is 9.90 Å². The molecule has 0 spiro atoms. The molecule has 1 N–H and O–H groups in total. The van der Waals surface area contributed by atoms with E-state index in [0.717, 1.165) is 17.7 Å². The Hall–Kier alpha value is -1.66. The fourth-order valence-corrected chi connectivity index (χ4v) is 4.19. The van der Waals surface area contributed by atoms with Crippen LogP contribution in [-0.4, -0.2) is 33.7 Å². The number of aliphatic hydroxyl groups is 1. The summed E-state index contributed by atoms with van der Waals surface area (Å²) < 4.78 is 5.34. The SMILES string of the molecule is CCN(C(=O)c1c(-c2cccs2)noc1C(C)O)C1CCCCC1. The van der Waals surface area contributed by atoms with Gasteiger partial charge in [-0.1, -0.05) is 30.5 Å². The molecule has 1 aliphatic rings. The molecule has 2 aromatic heterocycles. The monoisotopic (exact) mass is 348 g/mol. The Labute approximate surface area is 146 Å². The average Bonchev–Trinajstić information content (AvgIpc) is 3.25. The normalized spacial score (nSPS) is 17.0. The molecule has 1 aliphatic carbocycles. The Balaban J connectivity index is 1.99. The van der Waals surface area contributed by atoms with E-state index < -0.39 is 6.10 Å². The maximum absolute atomic E-state index is 13.3. The maximum atomic E-state index is 13.3. The highest BCUT2D eigenvalue weighted by Crippen LogP contribution is 2.34. The predicted molar refractivity (Wildman–Crippen MR) is 94.0 cm³/mol. The topological polar surface area (TPSA) is 66.6 Å². The second-order valence-electron chi connectivity index (χ2n) is 6.31. The minimum Gasteiger partial charge on any atom is -0.385 e. The third-order valence-electron chi connectivity index (χ3n) is 4.68. The highest BCUT2D eigenvalue weighted by molar-refractivity contribution is 7.13. The van der Waals surface area contributed by atoms with Crippen LogP contribution in [0.25, 0.3) is 10.6 Å². The summed E-state index contributed by atoms with van der Waals surface area (Å²) in [6, 6.07) is 4.11. The average molecular weight is 348 g/mol. The van der Waals surface area contributed by atoms with Crippen molar-refractivity contribution < 1.29 is 14.4 Å². The van der Waals surface area contributed by atoms with Gasteiger partial charge < -0.3 is 14.5 Å². The first kappa shape index (κ1) is 17.2. The Morgan fingerprint density at radius 1 is 1.46 bits per heavy atom. The minimum atomic E-state index is -0.866. The zero-order chi connectivity index (χ0) is 17.1. The molecule has 24 heavy (non-hydrogen) atoms. The van der Waals surface area contributed by atoms with E-state index in [2.05, 4.69) is 5.16 Å². The van der Waals surface area contributed by atoms with Crippen LogP contribution in [-0.2, 0) is 0 Å². The lowest BCUT2D eigenvalue weighted by Crippen LogP contribution is -2.41. The summed E-state index contributed by atoms with van der Waals surface area (Å²) in [7, 11) is 0. The molecule has 130 valence electrons. The van der Waals surface area contributed by atoms with Crippen LogP contribution in [0.1, 0.15) is 68.2 Å². The van der Waals surface area contributed by atoms with E-state index in [-0.39, 0.29) is 17.7 Å². The quantitative estimate of drug-likeness (QED) is 0.877. The van der Waals surface area contributed by atoms with Crippen LogP contribution in [0.3, 0.4) is 0 Å². The second-order valence-corrected chi connectivity index (χ2v) is 7.25. The van der Waals surface area contributed by atoms with Crippen molar-refractivity contribution in [1.82, 2.24) is 10.1 Å². The molecule has 0 aromatic carbocycles. The van der Waals surface area contributed by atoms with Gasteiger partial charge in [0.2, 0.25) is 0 Å². The molecule has 6 heteroatoms. The van der Waals surface area contributed by atoms with Crippen LogP contribution in [0.15, 0.2) is 22.0 Å². The van der Waals surface area contributed by atoms with Gasteiger partial charge in [-0.05, 0) is 38.1 Å². The lowest BCUT2D eigenvalue weighted by molar-refractivity contribution is 0.0637. The fourth-order valence-electron chi connectivity index (χ4n) is 3.48. The number of amides is 1. The van der Waals surface area contributed by atoms with Gasteiger partial charge in [0.1, 0.15) is 17.4 Å². The Morgan fingerprint density at radius 2 is 2.21 bits per heavy atom. The molecule has 2 aromatic rings. The number of thiophene rings is 1. The molecule has 0 radical (unpaired) electrons. The number of nitrogens with zero attached hydrogens (tertiary/aromatic N) is 2. The van der Waals surface area contributed by atoms with Gasteiger partial charge in [0.15, 0.2) is 5.76 Å². The lowest BCUT2D eigenvalue weighted by atomic mass is 9.93. The minimum absolute atomic E-state index is 0.0788. The highest BCUT2D eigenvalue weighted by Gasteiger charge is 2.33. The van der Waals surface area contributed by atoms with Crippen molar-refractivity contribution >= 4 is 17.2 Å². The maximum Gasteiger partial charge on any atom is 0.260 e. The summed E-state index contributed by atoms with van der Waals surface area (Å²) in [6.07, 6.45) is 4.80. The highest BCUT2D eigenvalue weighted by atomic mass is 32.1. The molecule has 0 saturated heterocycles. The molecule has 1 amide bonds. The molecular weight excluding hydrogens is 324 g/mol. The van der Waals surface area contributed by atoms with Crippen LogP contribution in [0.2, 0.25) is 0 Å². The Bertz CT molecular complexity index is 673. The van der Waals surface area contributed by atoms with Crippen molar-refractivity contribution in [2.24, 2.45) is 0 Å². The van der Waals surface area contributed by atoms with Crippen molar-refractivity contribution in [2.75, 3.05) is 6.54 Å². The summed E-state index contributed by atoms with van der Waals surface area (Å²) in [5.41, 5.74) is 0.958. The summed E-state index contributed by atoms with van der Waals surface area (Å²) in [6.45, 7) is 4.26. The number of aromatic nitrogens is 1. The molecule has 1 saturated carbocycles. The van der Waals surface area contributed by atoms with Gasteiger partial charge in [-0.25, -0.2) is 0 Å². The van der Waals surface area contributed by atoms with Crippen molar-refractivity contribution in [2.45, 2.75) is 58.1 Å². The summed E-state index contributed by atoms with van der Waals surface area (Å²) in [5.74, 6) is 0.183. The third-order valence-corrected chi connectivity index (χ3v) is 5.56. The number of rotatable bonds is 5. The summed E-state index contributed by atoms with van der Waals surface area (Å²) >= 11 is 1.51. The van der Waals surface area contributed by atoms with E-state index >= 15 is 0 Å². The van der Waals surface area contributed by atoms with Crippen LogP contribution in [0.5, 0.6) is 0 Å². The smallest absolute Gasteiger partial charge is 0.260 e. The number of carbonyl (C=O) groups excluding carboxylic acids is 1. The van der Waals surface area contributed by atoms with E-state index in [0.29, 0.717) is 17.8 Å². The second kappa shape index (κ2) is 7.49. The zero-order valence-electron chi connectivity index (χ0n) is 14.2. The Morgan fingerprint density at radius 3 is 2.79 bits per heavy atom. The first-order chi connectivity index (χ1) is 11.6. The lowest BCUT2D eigenvalue weighted by Gasteiger charge is -2.33. The van der Waals surface area contributed by atoms with Gasteiger partial charge in [0.25, 0.3) is 5.91 Å². The predicted octanol–water partition coefficient (Wildman–Crippen LogP) is 4.25. The zero-order valence-corrected chi connectivity index (χ0v) is 15.0.